The number of aryl methyl sites for hydroxylation is 1. The van der Waals surface area contributed by atoms with Gasteiger partial charge in [0, 0.05) is 23.6 Å². The summed E-state index contributed by atoms with van der Waals surface area (Å²) in [7, 11) is 0. The monoisotopic (exact) mass is 266 g/mol. The van der Waals surface area contributed by atoms with Crippen LogP contribution in [0.4, 0.5) is 5.69 Å². The number of nitrogens with zero attached hydrogens (tertiary/aromatic N) is 1. The molecular formula is C16H14N2O2. The molecule has 4 heteroatoms. The molecule has 1 amide bonds. The van der Waals surface area contributed by atoms with Crippen LogP contribution in [0.2, 0.25) is 0 Å². The summed E-state index contributed by atoms with van der Waals surface area (Å²) in [6, 6.07) is 9.20. The molecule has 1 aromatic carbocycles. The Labute approximate surface area is 117 Å². The molecule has 0 aliphatic heterocycles. The van der Waals surface area contributed by atoms with Crippen LogP contribution in [0.15, 0.2) is 42.7 Å². The van der Waals surface area contributed by atoms with E-state index in [1.54, 1.807) is 12.3 Å². The number of anilines is 1. The van der Waals surface area contributed by atoms with Crippen LogP contribution in [0.25, 0.3) is 0 Å². The van der Waals surface area contributed by atoms with E-state index in [0.29, 0.717) is 11.1 Å². The number of amides is 1. The lowest BCUT2D eigenvalue weighted by atomic mass is 10.2. The van der Waals surface area contributed by atoms with Crippen LogP contribution in [0.5, 0.6) is 0 Å². The lowest BCUT2D eigenvalue weighted by Gasteiger charge is -2.06. The Balaban J connectivity index is 2.17. The molecule has 0 spiro atoms. The average Bonchev–Trinajstić information content (AvgIpc) is 2.45. The first-order chi connectivity index (χ1) is 9.69. The second-order valence-corrected chi connectivity index (χ2v) is 4.25. The predicted molar refractivity (Wildman–Crippen MR) is 77.3 cm³/mol. The summed E-state index contributed by atoms with van der Waals surface area (Å²) < 4.78 is 0. The molecule has 2 rings (SSSR count). The van der Waals surface area contributed by atoms with Crippen molar-refractivity contribution >= 4 is 11.6 Å². The van der Waals surface area contributed by atoms with Gasteiger partial charge in [0.2, 0.25) is 0 Å². The van der Waals surface area contributed by atoms with E-state index in [-0.39, 0.29) is 12.5 Å². The molecule has 0 radical (unpaired) electrons. The van der Waals surface area contributed by atoms with Crippen molar-refractivity contribution in [2.24, 2.45) is 0 Å². The molecule has 0 bridgehead atoms. The van der Waals surface area contributed by atoms with E-state index in [1.807, 2.05) is 31.2 Å². The lowest BCUT2D eigenvalue weighted by molar-refractivity contribution is 0.102. The zero-order valence-electron chi connectivity index (χ0n) is 11.1. The first-order valence-electron chi connectivity index (χ1n) is 6.12. The molecular weight excluding hydrogens is 252 g/mol. The number of aromatic nitrogens is 1. The van der Waals surface area contributed by atoms with Crippen molar-refractivity contribution in [1.82, 2.24) is 4.98 Å². The van der Waals surface area contributed by atoms with Crippen molar-refractivity contribution < 1.29 is 9.90 Å². The van der Waals surface area contributed by atoms with Crippen molar-refractivity contribution in [3.8, 4) is 11.8 Å². The van der Waals surface area contributed by atoms with Crippen LogP contribution in [0.1, 0.15) is 21.5 Å². The second-order valence-electron chi connectivity index (χ2n) is 4.25. The number of aliphatic hydroxyl groups excluding tert-OH is 1. The molecule has 0 aliphatic carbocycles. The molecule has 0 unspecified atom stereocenters. The molecule has 1 heterocycles. The normalized spacial score (nSPS) is 9.50. The van der Waals surface area contributed by atoms with Gasteiger partial charge in [-0.15, -0.1) is 0 Å². The largest absolute Gasteiger partial charge is 0.384 e. The van der Waals surface area contributed by atoms with Gasteiger partial charge in [-0.25, -0.2) is 0 Å². The maximum atomic E-state index is 12.1. The van der Waals surface area contributed by atoms with Gasteiger partial charge < -0.3 is 10.4 Å². The minimum Gasteiger partial charge on any atom is -0.384 e. The fraction of sp³-hybridized carbons (Fsp3) is 0.125. The third kappa shape index (κ3) is 3.67. The summed E-state index contributed by atoms with van der Waals surface area (Å²) in [4.78, 5) is 16.1. The molecule has 1 aromatic heterocycles. The third-order valence-electron chi connectivity index (χ3n) is 2.59. The second kappa shape index (κ2) is 6.50. The number of carbonyl (C=O) groups is 1. The lowest BCUT2D eigenvalue weighted by Crippen LogP contribution is -2.12. The Kier molecular flexibility index (Phi) is 4.48. The topological polar surface area (TPSA) is 62.2 Å². The number of pyridine rings is 1. The summed E-state index contributed by atoms with van der Waals surface area (Å²) in [6.45, 7) is 1.74. The zero-order chi connectivity index (χ0) is 14.4. The highest BCUT2D eigenvalue weighted by atomic mass is 16.2. The van der Waals surface area contributed by atoms with Gasteiger partial charge in [-0.2, -0.15) is 0 Å². The van der Waals surface area contributed by atoms with Crippen LogP contribution < -0.4 is 5.32 Å². The van der Waals surface area contributed by atoms with Crippen LogP contribution in [-0.2, 0) is 0 Å². The number of hydrogen-bond acceptors (Lipinski definition) is 3. The van der Waals surface area contributed by atoms with Gasteiger partial charge in [0.1, 0.15) is 6.61 Å². The fourth-order valence-corrected chi connectivity index (χ4v) is 1.70. The number of aliphatic hydroxyl groups is 1. The van der Waals surface area contributed by atoms with Crippen LogP contribution in [0.3, 0.4) is 0 Å². The predicted octanol–water partition coefficient (Wildman–Crippen LogP) is 1.99. The molecule has 100 valence electrons. The van der Waals surface area contributed by atoms with Gasteiger partial charge in [0.25, 0.3) is 5.91 Å². The molecule has 0 saturated carbocycles. The van der Waals surface area contributed by atoms with Gasteiger partial charge in [-0.05, 0) is 30.7 Å². The van der Waals surface area contributed by atoms with Crippen LogP contribution >= 0.6 is 0 Å². The highest BCUT2D eigenvalue weighted by Gasteiger charge is 2.07. The van der Waals surface area contributed by atoms with Crippen molar-refractivity contribution in [3.05, 3.63) is 59.4 Å². The Morgan fingerprint density at radius 3 is 2.95 bits per heavy atom. The SMILES string of the molecule is Cc1cccc(NC(=O)c2cncc(C#CCO)c2)c1. The molecule has 0 saturated heterocycles. The first kappa shape index (κ1) is 13.8. The average molecular weight is 266 g/mol. The van der Waals surface area contributed by atoms with Gasteiger partial charge in [0.05, 0.1) is 5.56 Å². The summed E-state index contributed by atoms with van der Waals surface area (Å²) >= 11 is 0. The molecule has 0 atom stereocenters. The van der Waals surface area contributed by atoms with E-state index in [1.165, 1.54) is 6.20 Å². The van der Waals surface area contributed by atoms with Gasteiger partial charge in [-0.3, -0.25) is 9.78 Å². The fourth-order valence-electron chi connectivity index (χ4n) is 1.70. The van der Waals surface area contributed by atoms with Crippen LogP contribution in [0, 0.1) is 18.8 Å². The van der Waals surface area contributed by atoms with E-state index in [2.05, 4.69) is 22.1 Å². The summed E-state index contributed by atoms with van der Waals surface area (Å²) in [5.74, 6) is 5.00. The Hall–Kier alpha value is -2.64. The molecule has 4 nitrogen and oxygen atoms in total. The van der Waals surface area contributed by atoms with Crippen molar-refractivity contribution in [1.29, 1.82) is 0 Å². The molecule has 2 aromatic rings. The first-order valence-corrected chi connectivity index (χ1v) is 6.12. The number of carbonyl (C=O) groups excluding carboxylic acids is 1. The zero-order valence-corrected chi connectivity index (χ0v) is 11.1. The maximum Gasteiger partial charge on any atom is 0.257 e. The Morgan fingerprint density at radius 2 is 2.20 bits per heavy atom. The van der Waals surface area contributed by atoms with E-state index in [9.17, 15) is 4.79 Å². The standard InChI is InChI=1S/C16H14N2O2/c1-12-4-2-6-15(8-12)18-16(20)14-9-13(5-3-7-19)10-17-11-14/h2,4,6,8-11,19H,7H2,1H3,(H,18,20). The smallest absolute Gasteiger partial charge is 0.257 e. The van der Waals surface area contributed by atoms with E-state index in [0.717, 1.165) is 11.3 Å². The quantitative estimate of drug-likeness (QED) is 0.817. The van der Waals surface area contributed by atoms with E-state index >= 15 is 0 Å². The van der Waals surface area contributed by atoms with Gasteiger partial charge in [-0.1, -0.05) is 24.0 Å². The Bertz CT molecular complexity index is 684. The van der Waals surface area contributed by atoms with Crippen molar-refractivity contribution in [3.63, 3.8) is 0 Å². The Morgan fingerprint density at radius 1 is 1.35 bits per heavy atom. The molecule has 0 aliphatic rings. The summed E-state index contributed by atoms with van der Waals surface area (Å²) in [5, 5.41) is 11.5. The van der Waals surface area contributed by atoms with E-state index in [4.69, 9.17) is 5.11 Å². The third-order valence-corrected chi connectivity index (χ3v) is 2.59. The number of rotatable bonds is 2. The minimum absolute atomic E-state index is 0.223. The minimum atomic E-state index is -0.240. The molecule has 0 fully saturated rings. The highest BCUT2D eigenvalue weighted by molar-refractivity contribution is 6.04. The number of benzene rings is 1. The van der Waals surface area contributed by atoms with Gasteiger partial charge >= 0.3 is 0 Å². The number of nitrogens with one attached hydrogen (secondary N) is 1. The van der Waals surface area contributed by atoms with Crippen molar-refractivity contribution in [2.75, 3.05) is 11.9 Å². The summed E-state index contributed by atoms with van der Waals surface area (Å²) in [6.07, 6.45) is 3.03. The van der Waals surface area contributed by atoms with Gasteiger partial charge in [0.15, 0.2) is 0 Å². The number of hydrogen-bond donors (Lipinski definition) is 2. The molecule has 2 N–H and O–H groups in total. The van der Waals surface area contributed by atoms with Crippen LogP contribution in [-0.4, -0.2) is 22.6 Å². The summed E-state index contributed by atoms with van der Waals surface area (Å²) in [5.41, 5.74) is 2.83. The van der Waals surface area contributed by atoms with E-state index < -0.39 is 0 Å². The molecule has 20 heavy (non-hydrogen) atoms. The highest BCUT2D eigenvalue weighted by Crippen LogP contribution is 2.11. The van der Waals surface area contributed by atoms with Crippen molar-refractivity contribution in [2.45, 2.75) is 6.92 Å². The maximum absolute atomic E-state index is 12.1.